The normalized spacial score (nSPS) is 9.47. The van der Waals surface area contributed by atoms with Crippen LogP contribution in [-0.2, 0) is 0 Å². The Labute approximate surface area is 88.6 Å². The molecule has 1 rings (SSSR count). The lowest BCUT2D eigenvalue weighted by atomic mass is 10.3. The van der Waals surface area contributed by atoms with Gasteiger partial charge in [0.25, 0.3) is 0 Å². The Bertz CT molecular complexity index is 328. The molecule has 0 saturated carbocycles. The largest absolute Gasteiger partial charge is 0.497 e. The fourth-order valence-electron chi connectivity index (χ4n) is 1.06. The van der Waals surface area contributed by atoms with Crippen molar-refractivity contribution < 1.29 is 9.53 Å². The summed E-state index contributed by atoms with van der Waals surface area (Å²) in [6, 6.07) is 6.86. The zero-order valence-electron chi connectivity index (χ0n) is 8.62. The molecule has 0 heterocycles. The molecule has 0 spiro atoms. The maximum absolute atomic E-state index is 11.3. The number of hydrogen-bond donors (Lipinski definition) is 3. The molecule has 0 saturated heterocycles. The van der Waals surface area contributed by atoms with Crippen LogP contribution in [0, 0.1) is 0 Å². The molecule has 0 aliphatic rings. The number of ether oxygens (including phenoxy) is 1. The van der Waals surface area contributed by atoms with Crippen LogP contribution in [0.15, 0.2) is 24.3 Å². The van der Waals surface area contributed by atoms with Gasteiger partial charge >= 0.3 is 6.03 Å². The monoisotopic (exact) mass is 209 g/mol. The van der Waals surface area contributed by atoms with Crippen LogP contribution >= 0.6 is 0 Å². The SMILES string of the molecule is COc1cccc(NC(=O)NCCN)c1. The van der Waals surface area contributed by atoms with Gasteiger partial charge in [-0.25, -0.2) is 4.79 Å². The van der Waals surface area contributed by atoms with E-state index in [0.29, 0.717) is 24.5 Å². The zero-order valence-corrected chi connectivity index (χ0v) is 8.62. The molecule has 0 aliphatic carbocycles. The number of nitrogens with two attached hydrogens (primary N) is 1. The summed E-state index contributed by atoms with van der Waals surface area (Å²) in [6.07, 6.45) is 0. The van der Waals surface area contributed by atoms with E-state index in [1.165, 1.54) is 0 Å². The standard InChI is InChI=1S/C10H15N3O2/c1-15-9-4-2-3-8(7-9)13-10(14)12-6-5-11/h2-4,7H,5-6,11H2,1H3,(H2,12,13,14). The summed E-state index contributed by atoms with van der Waals surface area (Å²) in [5.74, 6) is 0.701. The van der Waals surface area contributed by atoms with Gasteiger partial charge in [0, 0.05) is 24.8 Å². The van der Waals surface area contributed by atoms with Crippen molar-refractivity contribution >= 4 is 11.7 Å². The molecule has 0 fully saturated rings. The van der Waals surface area contributed by atoms with E-state index in [1.54, 1.807) is 25.3 Å². The van der Waals surface area contributed by atoms with Crippen LogP contribution in [0.5, 0.6) is 5.75 Å². The minimum absolute atomic E-state index is 0.270. The molecule has 5 nitrogen and oxygen atoms in total. The second kappa shape index (κ2) is 5.87. The van der Waals surface area contributed by atoms with Gasteiger partial charge < -0.3 is 21.1 Å². The van der Waals surface area contributed by atoms with E-state index in [1.807, 2.05) is 6.07 Å². The minimum atomic E-state index is -0.270. The lowest BCUT2D eigenvalue weighted by molar-refractivity contribution is 0.252. The van der Waals surface area contributed by atoms with Gasteiger partial charge in [-0.3, -0.25) is 0 Å². The molecule has 0 unspecified atom stereocenters. The van der Waals surface area contributed by atoms with Crippen molar-refractivity contribution in [3.8, 4) is 5.75 Å². The smallest absolute Gasteiger partial charge is 0.319 e. The maximum atomic E-state index is 11.3. The molecule has 2 amide bonds. The molecule has 1 aromatic rings. The fraction of sp³-hybridized carbons (Fsp3) is 0.300. The maximum Gasteiger partial charge on any atom is 0.319 e. The first-order valence-corrected chi connectivity index (χ1v) is 4.65. The first kappa shape index (κ1) is 11.3. The molecule has 0 bridgehead atoms. The number of rotatable bonds is 4. The Hall–Kier alpha value is -1.75. The van der Waals surface area contributed by atoms with E-state index in [0.717, 1.165) is 0 Å². The van der Waals surface area contributed by atoms with Gasteiger partial charge in [-0.1, -0.05) is 6.07 Å². The molecule has 0 aliphatic heterocycles. The summed E-state index contributed by atoms with van der Waals surface area (Å²) >= 11 is 0. The highest BCUT2D eigenvalue weighted by Gasteiger charge is 2.00. The van der Waals surface area contributed by atoms with E-state index in [-0.39, 0.29) is 6.03 Å². The van der Waals surface area contributed by atoms with E-state index in [9.17, 15) is 4.79 Å². The topological polar surface area (TPSA) is 76.4 Å². The van der Waals surface area contributed by atoms with E-state index >= 15 is 0 Å². The summed E-state index contributed by atoms with van der Waals surface area (Å²) in [5.41, 5.74) is 5.94. The van der Waals surface area contributed by atoms with E-state index in [2.05, 4.69) is 10.6 Å². The zero-order chi connectivity index (χ0) is 11.1. The van der Waals surface area contributed by atoms with Gasteiger partial charge in [-0.2, -0.15) is 0 Å². The summed E-state index contributed by atoms with van der Waals surface area (Å²) in [7, 11) is 1.58. The number of hydrogen-bond acceptors (Lipinski definition) is 3. The average molecular weight is 209 g/mol. The lowest BCUT2D eigenvalue weighted by Gasteiger charge is -2.07. The molecule has 5 heteroatoms. The van der Waals surface area contributed by atoms with Crippen LogP contribution in [-0.4, -0.2) is 26.2 Å². The van der Waals surface area contributed by atoms with E-state index in [4.69, 9.17) is 10.5 Å². The third kappa shape index (κ3) is 3.86. The predicted molar refractivity (Wildman–Crippen MR) is 59.1 cm³/mol. The number of nitrogens with one attached hydrogen (secondary N) is 2. The molecule has 1 aromatic carbocycles. The van der Waals surface area contributed by atoms with Crippen LogP contribution in [0.4, 0.5) is 10.5 Å². The minimum Gasteiger partial charge on any atom is -0.497 e. The number of methoxy groups -OCH3 is 1. The summed E-state index contributed by atoms with van der Waals surface area (Å²) < 4.78 is 5.03. The van der Waals surface area contributed by atoms with Crippen LogP contribution in [0.2, 0.25) is 0 Å². The molecular weight excluding hydrogens is 194 g/mol. The van der Waals surface area contributed by atoms with Gasteiger partial charge in [0.1, 0.15) is 5.75 Å². The van der Waals surface area contributed by atoms with Gasteiger partial charge in [-0.15, -0.1) is 0 Å². The number of anilines is 1. The van der Waals surface area contributed by atoms with Crippen molar-refractivity contribution in [3.63, 3.8) is 0 Å². The number of carbonyl (C=O) groups is 1. The Kier molecular flexibility index (Phi) is 4.43. The third-order valence-electron chi connectivity index (χ3n) is 1.76. The van der Waals surface area contributed by atoms with Gasteiger partial charge in [-0.05, 0) is 12.1 Å². The number of urea groups is 1. The molecule has 0 radical (unpaired) electrons. The second-order valence-electron chi connectivity index (χ2n) is 2.90. The predicted octanol–water partition coefficient (Wildman–Crippen LogP) is 0.775. The number of benzene rings is 1. The highest BCUT2D eigenvalue weighted by Crippen LogP contribution is 2.16. The Morgan fingerprint density at radius 1 is 1.53 bits per heavy atom. The first-order valence-electron chi connectivity index (χ1n) is 4.65. The number of amides is 2. The van der Waals surface area contributed by atoms with Gasteiger partial charge in [0.05, 0.1) is 7.11 Å². The molecule has 0 atom stereocenters. The van der Waals surface area contributed by atoms with Crippen LogP contribution in [0.3, 0.4) is 0 Å². The van der Waals surface area contributed by atoms with Gasteiger partial charge in [0.2, 0.25) is 0 Å². The van der Waals surface area contributed by atoms with Crippen molar-refractivity contribution in [1.82, 2.24) is 5.32 Å². The Morgan fingerprint density at radius 2 is 2.33 bits per heavy atom. The number of carbonyl (C=O) groups excluding carboxylic acids is 1. The first-order chi connectivity index (χ1) is 7.26. The summed E-state index contributed by atoms with van der Waals surface area (Å²) in [6.45, 7) is 0.876. The van der Waals surface area contributed by atoms with Crippen molar-refractivity contribution in [2.24, 2.45) is 5.73 Å². The van der Waals surface area contributed by atoms with Crippen LogP contribution in [0.1, 0.15) is 0 Å². The van der Waals surface area contributed by atoms with Crippen LogP contribution in [0.25, 0.3) is 0 Å². The van der Waals surface area contributed by atoms with Crippen molar-refractivity contribution in [2.75, 3.05) is 25.5 Å². The van der Waals surface area contributed by atoms with Crippen molar-refractivity contribution in [3.05, 3.63) is 24.3 Å². The van der Waals surface area contributed by atoms with Gasteiger partial charge in [0.15, 0.2) is 0 Å². The summed E-state index contributed by atoms with van der Waals surface area (Å²) in [4.78, 5) is 11.3. The highest BCUT2D eigenvalue weighted by atomic mass is 16.5. The Balaban J connectivity index is 2.52. The Morgan fingerprint density at radius 3 is 3.00 bits per heavy atom. The fourth-order valence-corrected chi connectivity index (χ4v) is 1.06. The highest BCUT2D eigenvalue weighted by molar-refractivity contribution is 5.89. The second-order valence-corrected chi connectivity index (χ2v) is 2.90. The molecule has 82 valence electrons. The van der Waals surface area contributed by atoms with Crippen molar-refractivity contribution in [1.29, 1.82) is 0 Å². The summed E-state index contributed by atoms with van der Waals surface area (Å²) in [5, 5.41) is 5.27. The van der Waals surface area contributed by atoms with E-state index < -0.39 is 0 Å². The third-order valence-corrected chi connectivity index (χ3v) is 1.76. The van der Waals surface area contributed by atoms with Crippen LogP contribution < -0.4 is 21.1 Å². The van der Waals surface area contributed by atoms with Crippen molar-refractivity contribution in [2.45, 2.75) is 0 Å². The average Bonchev–Trinajstić information content (AvgIpc) is 2.26. The molecule has 4 N–H and O–H groups in total. The molecule has 15 heavy (non-hydrogen) atoms. The lowest BCUT2D eigenvalue weighted by Crippen LogP contribution is -2.32. The quantitative estimate of drug-likeness (QED) is 0.685. The molecule has 0 aromatic heterocycles. The molecular formula is C10H15N3O2.